The van der Waals surface area contributed by atoms with Crippen LogP contribution in [-0.4, -0.2) is 22.4 Å². The molecule has 3 aromatic rings. The third kappa shape index (κ3) is 3.30. The molecule has 1 aromatic heterocycles. The SMILES string of the molecule is CC(OC(=O)Cn1c(=O)oc2ccccc21)C(=O)c1ccc2c(c1)CCC2. The minimum absolute atomic E-state index is 0.248. The summed E-state index contributed by atoms with van der Waals surface area (Å²) in [6.07, 6.45) is 2.19. The minimum atomic E-state index is -0.925. The van der Waals surface area contributed by atoms with Crippen LogP contribution in [0, 0.1) is 0 Å². The highest BCUT2D eigenvalue weighted by Gasteiger charge is 2.22. The number of para-hydroxylation sites is 2. The minimum Gasteiger partial charge on any atom is -0.453 e. The molecule has 2 aromatic carbocycles. The maximum Gasteiger partial charge on any atom is 0.420 e. The van der Waals surface area contributed by atoms with Gasteiger partial charge in [0.05, 0.1) is 5.52 Å². The third-order valence-corrected chi connectivity index (χ3v) is 4.92. The normalized spacial score (nSPS) is 14.1. The van der Waals surface area contributed by atoms with Gasteiger partial charge in [-0.15, -0.1) is 0 Å². The molecule has 0 saturated carbocycles. The van der Waals surface area contributed by atoms with E-state index in [1.807, 2.05) is 12.1 Å². The summed E-state index contributed by atoms with van der Waals surface area (Å²) in [5, 5.41) is 0. The van der Waals surface area contributed by atoms with Crippen molar-refractivity contribution >= 4 is 22.9 Å². The Bertz CT molecular complexity index is 1090. The fourth-order valence-corrected chi connectivity index (χ4v) is 3.54. The van der Waals surface area contributed by atoms with Crippen LogP contribution in [0.4, 0.5) is 0 Å². The Balaban J connectivity index is 1.46. The number of hydrogen-bond acceptors (Lipinski definition) is 5. The highest BCUT2D eigenvalue weighted by Crippen LogP contribution is 2.23. The lowest BCUT2D eigenvalue weighted by Crippen LogP contribution is -2.28. The molecule has 0 bridgehead atoms. The summed E-state index contributed by atoms with van der Waals surface area (Å²) in [6.45, 7) is 1.24. The molecule has 0 amide bonds. The van der Waals surface area contributed by atoms with Gasteiger partial charge < -0.3 is 9.15 Å². The first-order valence-electron chi connectivity index (χ1n) is 8.97. The van der Waals surface area contributed by atoms with Gasteiger partial charge in [-0.3, -0.25) is 14.2 Å². The van der Waals surface area contributed by atoms with Crippen LogP contribution in [0.2, 0.25) is 0 Å². The predicted octanol–water partition coefficient (Wildman–Crippen LogP) is 2.90. The molecule has 0 fully saturated rings. The average Bonchev–Trinajstić information content (AvgIpc) is 3.25. The maximum absolute atomic E-state index is 12.6. The number of fused-ring (bicyclic) bond motifs is 2. The van der Waals surface area contributed by atoms with Gasteiger partial charge in [0.1, 0.15) is 6.54 Å². The van der Waals surface area contributed by atoms with Crippen molar-refractivity contribution in [2.45, 2.75) is 38.8 Å². The van der Waals surface area contributed by atoms with Gasteiger partial charge >= 0.3 is 11.7 Å². The van der Waals surface area contributed by atoms with Gasteiger partial charge in [0.25, 0.3) is 0 Å². The second-order valence-electron chi connectivity index (χ2n) is 6.76. The number of ether oxygens (including phenoxy) is 1. The quantitative estimate of drug-likeness (QED) is 0.513. The number of benzene rings is 2. The van der Waals surface area contributed by atoms with Crippen molar-refractivity contribution in [1.29, 1.82) is 0 Å². The monoisotopic (exact) mass is 365 g/mol. The fraction of sp³-hybridized carbons (Fsp3) is 0.286. The molecule has 4 rings (SSSR count). The molecular formula is C21H19NO5. The van der Waals surface area contributed by atoms with Crippen molar-refractivity contribution in [2.75, 3.05) is 0 Å². The number of ketones is 1. The van der Waals surface area contributed by atoms with Gasteiger partial charge in [0, 0.05) is 5.56 Å². The molecule has 1 unspecified atom stereocenters. The van der Waals surface area contributed by atoms with Gasteiger partial charge in [-0.25, -0.2) is 4.79 Å². The zero-order valence-electron chi connectivity index (χ0n) is 14.9. The van der Waals surface area contributed by atoms with Crippen molar-refractivity contribution in [3.8, 4) is 0 Å². The Morgan fingerprint density at radius 2 is 1.93 bits per heavy atom. The summed E-state index contributed by atoms with van der Waals surface area (Å²) in [5.41, 5.74) is 3.93. The van der Waals surface area contributed by atoms with Crippen LogP contribution in [-0.2, 0) is 28.9 Å². The molecule has 27 heavy (non-hydrogen) atoms. The molecule has 0 saturated heterocycles. The highest BCUT2D eigenvalue weighted by molar-refractivity contribution is 6.00. The lowest BCUT2D eigenvalue weighted by Gasteiger charge is -2.13. The van der Waals surface area contributed by atoms with E-state index in [0.717, 1.165) is 19.3 Å². The second kappa shape index (κ2) is 6.87. The van der Waals surface area contributed by atoms with Gasteiger partial charge in [0.15, 0.2) is 11.7 Å². The first-order chi connectivity index (χ1) is 13.0. The number of aryl methyl sites for hydroxylation is 2. The summed E-state index contributed by atoms with van der Waals surface area (Å²) in [5.74, 6) is -1.54. The Morgan fingerprint density at radius 3 is 2.78 bits per heavy atom. The standard InChI is InChI=1S/C21H19NO5/c1-13(20(24)16-10-9-14-5-4-6-15(14)11-16)26-19(23)12-22-17-7-2-3-8-18(17)27-21(22)25/h2-3,7-11,13H,4-6,12H2,1H3. The number of rotatable bonds is 5. The smallest absolute Gasteiger partial charge is 0.420 e. The molecule has 1 aliphatic carbocycles. The zero-order chi connectivity index (χ0) is 19.0. The van der Waals surface area contributed by atoms with E-state index in [9.17, 15) is 14.4 Å². The summed E-state index contributed by atoms with van der Waals surface area (Å²) in [4.78, 5) is 36.8. The lowest BCUT2D eigenvalue weighted by molar-refractivity contribution is -0.147. The maximum atomic E-state index is 12.6. The van der Waals surface area contributed by atoms with Crippen molar-refractivity contribution in [1.82, 2.24) is 4.57 Å². The van der Waals surface area contributed by atoms with E-state index in [1.54, 1.807) is 37.3 Å². The fourth-order valence-electron chi connectivity index (χ4n) is 3.54. The number of hydrogen-bond donors (Lipinski definition) is 0. The first kappa shape index (κ1) is 17.3. The molecule has 1 aliphatic rings. The van der Waals surface area contributed by atoms with Crippen LogP contribution in [0.1, 0.15) is 34.8 Å². The Kier molecular flexibility index (Phi) is 4.39. The molecule has 6 nitrogen and oxygen atoms in total. The van der Waals surface area contributed by atoms with Crippen LogP contribution in [0.25, 0.3) is 11.1 Å². The average molecular weight is 365 g/mol. The Labute approximate surface area is 155 Å². The second-order valence-corrected chi connectivity index (χ2v) is 6.76. The number of carbonyl (C=O) groups is 2. The van der Waals surface area contributed by atoms with E-state index in [2.05, 4.69) is 0 Å². The molecule has 1 atom stereocenters. The number of esters is 1. The first-order valence-corrected chi connectivity index (χ1v) is 8.97. The Morgan fingerprint density at radius 1 is 1.15 bits per heavy atom. The van der Waals surface area contributed by atoms with Crippen molar-refractivity contribution in [2.24, 2.45) is 0 Å². The van der Waals surface area contributed by atoms with Crippen molar-refractivity contribution in [3.63, 3.8) is 0 Å². The van der Waals surface area contributed by atoms with E-state index in [1.165, 1.54) is 15.7 Å². The Hall–Kier alpha value is -3.15. The molecule has 0 radical (unpaired) electrons. The van der Waals surface area contributed by atoms with Crippen LogP contribution < -0.4 is 5.76 Å². The van der Waals surface area contributed by atoms with Crippen LogP contribution in [0.3, 0.4) is 0 Å². The van der Waals surface area contributed by atoms with Gasteiger partial charge in [0.2, 0.25) is 5.78 Å². The number of Topliss-reactive ketones (excluding diaryl/α,β-unsaturated/α-hetero) is 1. The van der Waals surface area contributed by atoms with Gasteiger partial charge in [-0.2, -0.15) is 0 Å². The zero-order valence-corrected chi connectivity index (χ0v) is 14.9. The molecule has 0 spiro atoms. The summed E-state index contributed by atoms with van der Waals surface area (Å²) < 4.78 is 11.6. The summed E-state index contributed by atoms with van der Waals surface area (Å²) >= 11 is 0. The van der Waals surface area contributed by atoms with Gasteiger partial charge in [-0.1, -0.05) is 24.3 Å². The van der Waals surface area contributed by atoms with Gasteiger partial charge in [-0.05, 0) is 55.5 Å². The summed E-state index contributed by atoms with van der Waals surface area (Å²) in [6, 6.07) is 12.5. The molecule has 0 aliphatic heterocycles. The number of aromatic nitrogens is 1. The van der Waals surface area contributed by atoms with E-state index in [0.29, 0.717) is 16.7 Å². The van der Waals surface area contributed by atoms with Crippen LogP contribution in [0.5, 0.6) is 0 Å². The van der Waals surface area contributed by atoms with Crippen LogP contribution >= 0.6 is 0 Å². The van der Waals surface area contributed by atoms with E-state index in [4.69, 9.17) is 9.15 Å². The molecular weight excluding hydrogens is 346 g/mol. The lowest BCUT2D eigenvalue weighted by atomic mass is 10.0. The number of carbonyl (C=O) groups excluding carboxylic acids is 2. The largest absolute Gasteiger partial charge is 0.453 e. The van der Waals surface area contributed by atoms with E-state index in [-0.39, 0.29) is 12.3 Å². The van der Waals surface area contributed by atoms with E-state index < -0.39 is 17.8 Å². The molecule has 138 valence electrons. The molecule has 1 heterocycles. The van der Waals surface area contributed by atoms with Crippen LogP contribution in [0.15, 0.2) is 51.7 Å². The predicted molar refractivity (Wildman–Crippen MR) is 98.8 cm³/mol. The topological polar surface area (TPSA) is 78.5 Å². The molecule has 0 N–H and O–H groups in total. The van der Waals surface area contributed by atoms with Crippen molar-refractivity contribution < 1.29 is 18.7 Å². The molecule has 6 heteroatoms. The third-order valence-electron chi connectivity index (χ3n) is 4.92. The van der Waals surface area contributed by atoms with Crippen molar-refractivity contribution in [3.05, 3.63) is 69.7 Å². The van der Waals surface area contributed by atoms with E-state index >= 15 is 0 Å². The number of nitrogens with zero attached hydrogens (tertiary/aromatic N) is 1. The highest BCUT2D eigenvalue weighted by atomic mass is 16.5. The summed E-state index contributed by atoms with van der Waals surface area (Å²) in [7, 11) is 0. The number of oxazole rings is 1.